The molecule has 1 amide bonds. The topological polar surface area (TPSA) is 78.7 Å². The van der Waals surface area contributed by atoms with Crippen molar-refractivity contribution in [3.63, 3.8) is 0 Å². The van der Waals surface area contributed by atoms with E-state index in [9.17, 15) is 4.79 Å². The number of guanidine groups is 1. The highest BCUT2D eigenvalue weighted by Crippen LogP contribution is 2.24. The van der Waals surface area contributed by atoms with Crippen molar-refractivity contribution in [1.29, 1.82) is 0 Å². The molecular weight excluding hydrogens is 455 g/mol. The molecule has 1 aliphatic carbocycles. The molecule has 0 radical (unpaired) electrons. The maximum Gasteiger partial charge on any atom is 0.223 e. The quantitative estimate of drug-likeness (QED) is 0.323. The molecule has 0 spiro atoms. The van der Waals surface area contributed by atoms with E-state index in [1.165, 1.54) is 0 Å². The highest BCUT2D eigenvalue weighted by molar-refractivity contribution is 14.0. The van der Waals surface area contributed by atoms with Crippen LogP contribution in [0.4, 0.5) is 0 Å². The number of aryl methyl sites for hydroxylation is 2. The lowest BCUT2D eigenvalue weighted by Crippen LogP contribution is -2.47. The normalized spacial score (nSPS) is 20.1. The fourth-order valence-electron chi connectivity index (χ4n) is 3.48. The summed E-state index contributed by atoms with van der Waals surface area (Å²) >= 11 is 0. The molecule has 3 N–H and O–H groups in total. The molecule has 27 heavy (non-hydrogen) atoms. The molecule has 7 heteroatoms. The van der Waals surface area contributed by atoms with Gasteiger partial charge in [-0.3, -0.25) is 4.79 Å². The van der Waals surface area contributed by atoms with E-state index < -0.39 is 0 Å². The van der Waals surface area contributed by atoms with Crippen molar-refractivity contribution in [2.24, 2.45) is 10.9 Å². The number of furan rings is 1. The van der Waals surface area contributed by atoms with Crippen LogP contribution in [0.2, 0.25) is 0 Å². The van der Waals surface area contributed by atoms with Crippen LogP contribution in [-0.2, 0) is 11.3 Å². The average molecular weight is 490 g/mol. The zero-order valence-electron chi connectivity index (χ0n) is 17.2. The minimum atomic E-state index is 0. The van der Waals surface area contributed by atoms with Crippen LogP contribution in [0.5, 0.6) is 0 Å². The molecule has 1 aromatic heterocycles. The molecule has 2 rings (SSSR count). The van der Waals surface area contributed by atoms with Crippen LogP contribution in [0, 0.1) is 19.8 Å². The largest absolute Gasteiger partial charge is 0.466 e. The number of nitrogens with zero attached hydrogens (tertiary/aromatic N) is 1. The molecule has 0 aliphatic heterocycles. The number of amides is 1. The zero-order valence-corrected chi connectivity index (χ0v) is 19.6. The summed E-state index contributed by atoms with van der Waals surface area (Å²) < 4.78 is 5.57. The Bertz CT molecular complexity index is 627. The summed E-state index contributed by atoms with van der Waals surface area (Å²) in [5.74, 6) is 2.91. The molecule has 1 aliphatic rings. The van der Waals surface area contributed by atoms with Crippen LogP contribution in [-0.4, -0.2) is 30.5 Å². The van der Waals surface area contributed by atoms with Gasteiger partial charge in [0, 0.05) is 30.1 Å². The lowest BCUT2D eigenvalue weighted by Gasteiger charge is -2.30. The second-order valence-electron chi connectivity index (χ2n) is 7.50. The SMILES string of the molecule is CCNC(=NCc1cc(C)oc1C)NC1CCCC(C(=O)NC(C)C)C1.I. The predicted octanol–water partition coefficient (Wildman–Crippen LogP) is 3.65. The van der Waals surface area contributed by atoms with E-state index in [-0.39, 0.29) is 47.9 Å². The molecule has 6 nitrogen and oxygen atoms in total. The van der Waals surface area contributed by atoms with E-state index in [1.54, 1.807) is 0 Å². The summed E-state index contributed by atoms with van der Waals surface area (Å²) in [5, 5.41) is 9.87. The van der Waals surface area contributed by atoms with Gasteiger partial charge in [0.25, 0.3) is 0 Å². The number of aliphatic imine (C=N–C) groups is 1. The summed E-state index contributed by atoms with van der Waals surface area (Å²) in [6.45, 7) is 11.4. The highest BCUT2D eigenvalue weighted by atomic mass is 127. The van der Waals surface area contributed by atoms with Crippen LogP contribution in [0.1, 0.15) is 63.5 Å². The van der Waals surface area contributed by atoms with E-state index in [2.05, 4.69) is 22.9 Å². The van der Waals surface area contributed by atoms with Gasteiger partial charge < -0.3 is 20.4 Å². The van der Waals surface area contributed by atoms with Crippen LogP contribution in [0.15, 0.2) is 15.5 Å². The first-order valence-corrected chi connectivity index (χ1v) is 9.80. The van der Waals surface area contributed by atoms with Crippen molar-refractivity contribution in [2.45, 2.75) is 78.9 Å². The third-order valence-corrected chi connectivity index (χ3v) is 4.71. The maximum atomic E-state index is 12.3. The van der Waals surface area contributed by atoms with Crippen LogP contribution in [0.25, 0.3) is 0 Å². The van der Waals surface area contributed by atoms with Crippen molar-refractivity contribution in [2.75, 3.05) is 6.54 Å². The van der Waals surface area contributed by atoms with Gasteiger partial charge >= 0.3 is 0 Å². The van der Waals surface area contributed by atoms with Crippen molar-refractivity contribution < 1.29 is 9.21 Å². The number of rotatable bonds is 6. The Morgan fingerprint density at radius 3 is 2.67 bits per heavy atom. The molecule has 0 aromatic carbocycles. The van der Waals surface area contributed by atoms with Crippen LogP contribution >= 0.6 is 24.0 Å². The van der Waals surface area contributed by atoms with Gasteiger partial charge in [-0.1, -0.05) is 6.42 Å². The smallest absolute Gasteiger partial charge is 0.223 e. The Balaban J connectivity index is 0.00000364. The molecule has 2 unspecified atom stereocenters. The Morgan fingerprint density at radius 2 is 2.07 bits per heavy atom. The first-order chi connectivity index (χ1) is 12.4. The summed E-state index contributed by atoms with van der Waals surface area (Å²) in [5.41, 5.74) is 1.11. The van der Waals surface area contributed by atoms with Crippen molar-refractivity contribution in [1.82, 2.24) is 16.0 Å². The lowest BCUT2D eigenvalue weighted by molar-refractivity contribution is -0.126. The Hall–Kier alpha value is -1.25. The van der Waals surface area contributed by atoms with Gasteiger partial charge in [0.2, 0.25) is 5.91 Å². The Labute approximate surface area is 180 Å². The summed E-state index contributed by atoms with van der Waals surface area (Å²) in [6.07, 6.45) is 3.96. The average Bonchev–Trinajstić information content (AvgIpc) is 2.90. The molecule has 1 heterocycles. The number of nitrogens with one attached hydrogen (secondary N) is 3. The van der Waals surface area contributed by atoms with E-state index in [1.807, 2.05) is 33.8 Å². The minimum absolute atomic E-state index is 0. The molecule has 0 saturated heterocycles. The van der Waals surface area contributed by atoms with Gasteiger partial charge in [-0.2, -0.15) is 0 Å². The number of carbonyl (C=O) groups is 1. The number of halogens is 1. The molecule has 1 saturated carbocycles. The summed E-state index contributed by atoms with van der Waals surface area (Å²) in [4.78, 5) is 17.0. The number of hydrogen-bond acceptors (Lipinski definition) is 3. The predicted molar refractivity (Wildman–Crippen MR) is 121 cm³/mol. The molecule has 0 bridgehead atoms. The van der Waals surface area contributed by atoms with Gasteiger partial charge in [-0.05, 0) is 59.9 Å². The van der Waals surface area contributed by atoms with Gasteiger partial charge in [-0.25, -0.2) is 4.99 Å². The fourth-order valence-corrected chi connectivity index (χ4v) is 3.48. The molecular formula is C20H35IN4O2. The second-order valence-corrected chi connectivity index (χ2v) is 7.50. The first kappa shape index (κ1) is 23.8. The standard InChI is InChI=1S/C20H34N4O2.HI/c1-6-21-20(22-12-17-10-14(4)26-15(17)5)24-18-9-7-8-16(11-18)19(25)23-13(2)3;/h10,13,16,18H,6-9,11-12H2,1-5H3,(H,23,25)(H2,21,22,24);1H. The van der Waals surface area contributed by atoms with Crippen molar-refractivity contribution in [3.05, 3.63) is 23.2 Å². The number of hydrogen-bond donors (Lipinski definition) is 3. The number of carbonyl (C=O) groups excluding carboxylic acids is 1. The van der Waals surface area contributed by atoms with E-state index in [0.29, 0.717) is 6.54 Å². The summed E-state index contributed by atoms with van der Waals surface area (Å²) in [7, 11) is 0. The Morgan fingerprint density at radius 1 is 1.33 bits per heavy atom. The van der Waals surface area contributed by atoms with Crippen molar-refractivity contribution in [3.8, 4) is 0 Å². The molecule has 1 aromatic rings. The van der Waals surface area contributed by atoms with Crippen LogP contribution < -0.4 is 16.0 Å². The van der Waals surface area contributed by atoms with Crippen LogP contribution in [0.3, 0.4) is 0 Å². The second kappa shape index (κ2) is 11.6. The molecule has 154 valence electrons. The fraction of sp³-hybridized carbons (Fsp3) is 0.700. The monoisotopic (exact) mass is 490 g/mol. The van der Waals surface area contributed by atoms with Gasteiger partial charge in [-0.15, -0.1) is 24.0 Å². The first-order valence-electron chi connectivity index (χ1n) is 9.80. The van der Waals surface area contributed by atoms with Crippen molar-refractivity contribution >= 4 is 35.8 Å². The zero-order chi connectivity index (χ0) is 19.1. The van der Waals surface area contributed by atoms with E-state index in [4.69, 9.17) is 9.41 Å². The molecule has 2 atom stereocenters. The Kier molecular flexibility index (Phi) is 10.2. The molecule has 1 fully saturated rings. The van der Waals surface area contributed by atoms with Gasteiger partial charge in [0.05, 0.1) is 6.54 Å². The maximum absolute atomic E-state index is 12.3. The van der Waals surface area contributed by atoms with Gasteiger partial charge in [0.15, 0.2) is 5.96 Å². The summed E-state index contributed by atoms with van der Waals surface area (Å²) in [6, 6.07) is 2.50. The minimum Gasteiger partial charge on any atom is -0.466 e. The van der Waals surface area contributed by atoms with E-state index in [0.717, 1.165) is 55.3 Å². The van der Waals surface area contributed by atoms with E-state index >= 15 is 0 Å². The lowest BCUT2D eigenvalue weighted by atomic mass is 9.85. The highest BCUT2D eigenvalue weighted by Gasteiger charge is 2.28. The third kappa shape index (κ3) is 7.71. The van der Waals surface area contributed by atoms with Gasteiger partial charge in [0.1, 0.15) is 11.5 Å². The third-order valence-electron chi connectivity index (χ3n) is 4.71.